The number of nitrogens with two attached hydrogens (primary N) is 1. The van der Waals surface area contributed by atoms with Crippen molar-refractivity contribution >= 4 is 44.5 Å². The second kappa shape index (κ2) is 4.89. The van der Waals surface area contributed by atoms with Crippen LogP contribution in [-0.2, 0) is 0 Å². The van der Waals surface area contributed by atoms with E-state index in [9.17, 15) is 4.79 Å². The maximum Gasteiger partial charge on any atom is 0.266 e. The van der Waals surface area contributed by atoms with Crippen LogP contribution < -0.4 is 11.1 Å². The summed E-state index contributed by atoms with van der Waals surface area (Å²) in [6.07, 6.45) is 0. The largest absolute Gasteiger partial charge is 0.398 e. The van der Waals surface area contributed by atoms with Crippen molar-refractivity contribution in [3.8, 4) is 0 Å². The van der Waals surface area contributed by atoms with Gasteiger partial charge in [0.2, 0.25) is 0 Å². The summed E-state index contributed by atoms with van der Waals surface area (Å²) in [4.78, 5) is 12.6. The van der Waals surface area contributed by atoms with E-state index in [1.165, 1.54) is 11.3 Å². The van der Waals surface area contributed by atoms with Crippen molar-refractivity contribution in [2.75, 3.05) is 11.1 Å². The van der Waals surface area contributed by atoms with Gasteiger partial charge in [-0.3, -0.25) is 4.79 Å². The van der Waals surface area contributed by atoms with Gasteiger partial charge >= 0.3 is 0 Å². The van der Waals surface area contributed by atoms with Crippen LogP contribution in [0.3, 0.4) is 0 Å². The van der Waals surface area contributed by atoms with Gasteiger partial charge in [0.25, 0.3) is 5.91 Å². The molecule has 1 aromatic heterocycles. The van der Waals surface area contributed by atoms with Gasteiger partial charge in [-0.25, -0.2) is 0 Å². The maximum absolute atomic E-state index is 11.9. The fourth-order valence-corrected chi connectivity index (χ4v) is 2.81. The molecule has 0 aliphatic carbocycles. The molecule has 1 amide bonds. The summed E-state index contributed by atoms with van der Waals surface area (Å²) < 4.78 is 0.806. The van der Waals surface area contributed by atoms with Gasteiger partial charge in [0.1, 0.15) is 4.88 Å². The number of hydrogen-bond acceptors (Lipinski definition) is 3. The van der Waals surface area contributed by atoms with E-state index in [1.807, 2.05) is 30.5 Å². The predicted molar refractivity (Wildman–Crippen MR) is 75.6 cm³/mol. The second-order valence-corrected chi connectivity index (χ2v) is 5.39. The Morgan fingerprint density at radius 1 is 1.41 bits per heavy atom. The van der Waals surface area contributed by atoms with Crippen molar-refractivity contribution in [2.45, 2.75) is 6.92 Å². The van der Waals surface area contributed by atoms with Gasteiger partial charge in [-0.15, -0.1) is 11.3 Å². The molecule has 5 heteroatoms. The van der Waals surface area contributed by atoms with E-state index in [1.54, 1.807) is 6.07 Å². The lowest BCUT2D eigenvalue weighted by Gasteiger charge is -2.06. The van der Waals surface area contributed by atoms with Crippen LogP contribution in [0.25, 0.3) is 0 Å². The molecule has 17 heavy (non-hydrogen) atoms. The molecule has 1 aromatic carbocycles. The number of thiophene rings is 1. The molecule has 88 valence electrons. The Morgan fingerprint density at radius 2 is 2.18 bits per heavy atom. The number of rotatable bonds is 2. The van der Waals surface area contributed by atoms with Gasteiger partial charge in [0.15, 0.2) is 0 Å². The number of amides is 1. The number of anilines is 2. The zero-order chi connectivity index (χ0) is 12.4. The molecule has 2 rings (SSSR count). The highest BCUT2D eigenvalue weighted by atomic mass is 79.9. The predicted octanol–water partition coefficient (Wildman–Crippen LogP) is 3.65. The lowest BCUT2D eigenvalue weighted by Crippen LogP contribution is -2.11. The van der Waals surface area contributed by atoms with Crippen molar-refractivity contribution < 1.29 is 4.79 Å². The first-order chi connectivity index (χ1) is 8.08. The van der Waals surface area contributed by atoms with Crippen molar-refractivity contribution in [3.05, 3.63) is 44.6 Å². The molecule has 0 atom stereocenters. The van der Waals surface area contributed by atoms with E-state index < -0.39 is 0 Å². The summed E-state index contributed by atoms with van der Waals surface area (Å²) in [6.45, 7) is 1.93. The molecule has 0 aliphatic rings. The molecule has 0 radical (unpaired) electrons. The monoisotopic (exact) mass is 310 g/mol. The highest BCUT2D eigenvalue weighted by Gasteiger charge is 2.11. The Hall–Kier alpha value is -1.33. The summed E-state index contributed by atoms with van der Waals surface area (Å²) in [6, 6.07) is 7.33. The third-order valence-electron chi connectivity index (χ3n) is 2.36. The first kappa shape index (κ1) is 12.1. The van der Waals surface area contributed by atoms with Crippen LogP contribution in [0.4, 0.5) is 11.4 Å². The summed E-state index contributed by atoms with van der Waals surface area (Å²) >= 11 is 4.73. The molecule has 0 saturated carbocycles. The number of nitrogens with one attached hydrogen (secondary N) is 1. The van der Waals surface area contributed by atoms with E-state index in [4.69, 9.17) is 5.73 Å². The Morgan fingerprint density at radius 3 is 2.76 bits per heavy atom. The average molecular weight is 311 g/mol. The first-order valence-corrected chi connectivity index (χ1v) is 6.65. The topological polar surface area (TPSA) is 55.1 Å². The molecule has 0 unspecified atom stereocenters. The molecule has 3 N–H and O–H groups in total. The Balaban J connectivity index is 2.19. The number of carbonyl (C=O) groups is 1. The van der Waals surface area contributed by atoms with Crippen molar-refractivity contribution in [1.82, 2.24) is 0 Å². The van der Waals surface area contributed by atoms with Gasteiger partial charge in [-0.1, -0.05) is 6.07 Å². The summed E-state index contributed by atoms with van der Waals surface area (Å²) in [5, 5.41) is 4.68. The molecule has 3 nitrogen and oxygen atoms in total. The minimum Gasteiger partial charge on any atom is -0.398 e. The van der Waals surface area contributed by atoms with Crippen LogP contribution in [0.2, 0.25) is 0 Å². The molecule has 2 aromatic rings. The fourth-order valence-electron chi connectivity index (χ4n) is 1.36. The number of aryl methyl sites for hydroxylation is 1. The van der Waals surface area contributed by atoms with Crippen LogP contribution in [0, 0.1) is 6.92 Å². The zero-order valence-electron chi connectivity index (χ0n) is 9.16. The van der Waals surface area contributed by atoms with Gasteiger partial charge in [-0.2, -0.15) is 0 Å². The maximum atomic E-state index is 11.9. The van der Waals surface area contributed by atoms with Gasteiger partial charge < -0.3 is 11.1 Å². The number of hydrogen-bond donors (Lipinski definition) is 2. The van der Waals surface area contributed by atoms with Gasteiger partial charge in [0, 0.05) is 15.8 Å². The molecule has 1 heterocycles. The smallest absolute Gasteiger partial charge is 0.266 e. The van der Waals surface area contributed by atoms with Crippen LogP contribution in [0.1, 0.15) is 15.2 Å². The highest BCUT2D eigenvalue weighted by Crippen LogP contribution is 2.24. The Labute approximate surface area is 112 Å². The second-order valence-electron chi connectivity index (χ2n) is 3.62. The van der Waals surface area contributed by atoms with E-state index in [0.29, 0.717) is 16.3 Å². The number of nitrogen functional groups attached to an aromatic ring is 1. The molecule has 0 saturated heterocycles. The zero-order valence-corrected chi connectivity index (χ0v) is 11.6. The normalized spacial score (nSPS) is 10.2. The van der Waals surface area contributed by atoms with Crippen LogP contribution in [-0.4, -0.2) is 5.91 Å². The minimum atomic E-state index is -0.130. The molecule has 0 aliphatic heterocycles. The third-order valence-corrected chi connectivity index (χ3v) is 4.20. The van der Waals surface area contributed by atoms with E-state index in [0.717, 1.165) is 10.0 Å². The minimum absolute atomic E-state index is 0.130. The van der Waals surface area contributed by atoms with Gasteiger partial charge in [-0.05, 0) is 52.0 Å². The highest BCUT2D eigenvalue weighted by molar-refractivity contribution is 9.10. The van der Waals surface area contributed by atoms with E-state index in [-0.39, 0.29) is 5.91 Å². The third kappa shape index (κ3) is 2.68. The summed E-state index contributed by atoms with van der Waals surface area (Å²) in [7, 11) is 0. The molecule has 0 spiro atoms. The summed E-state index contributed by atoms with van der Waals surface area (Å²) in [5.74, 6) is -0.130. The number of benzene rings is 1. The molecular formula is C12H11BrN2OS. The van der Waals surface area contributed by atoms with Crippen molar-refractivity contribution in [3.63, 3.8) is 0 Å². The van der Waals surface area contributed by atoms with Crippen LogP contribution >= 0.6 is 27.3 Å². The van der Waals surface area contributed by atoms with Crippen LogP contribution in [0.5, 0.6) is 0 Å². The van der Waals surface area contributed by atoms with Crippen LogP contribution in [0.15, 0.2) is 34.1 Å². The van der Waals surface area contributed by atoms with Gasteiger partial charge in [0.05, 0.1) is 0 Å². The molecule has 0 fully saturated rings. The Kier molecular flexibility index (Phi) is 3.49. The number of carbonyl (C=O) groups excluding carboxylic acids is 1. The molecule has 0 bridgehead atoms. The molecular weight excluding hydrogens is 300 g/mol. The lowest BCUT2D eigenvalue weighted by atomic mass is 10.2. The van der Waals surface area contributed by atoms with Crippen molar-refractivity contribution in [1.29, 1.82) is 0 Å². The lowest BCUT2D eigenvalue weighted by molar-refractivity contribution is 0.103. The van der Waals surface area contributed by atoms with Crippen molar-refractivity contribution in [2.24, 2.45) is 0 Å². The average Bonchev–Trinajstić information content (AvgIpc) is 2.70. The summed E-state index contributed by atoms with van der Waals surface area (Å²) in [5.41, 5.74) is 8.17. The standard InChI is InChI=1S/C12H11BrN2OS/c1-7-2-3-8(6-10(7)14)15-12(16)11-9(13)4-5-17-11/h2-6H,14H2,1H3,(H,15,16). The quantitative estimate of drug-likeness (QED) is 0.832. The SMILES string of the molecule is Cc1ccc(NC(=O)c2sccc2Br)cc1N. The van der Waals surface area contributed by atoms with E-state index >= 15 is 0 Å². The number of halogens is 1. The Bertz CT molecular complexity index is 565. The first-order valence-electron chi connectivity index (χ1n) is 4.98. The van der Waals surface area contributed by atoms with E-state index in [2.05, 4.69) is 21.2 Å². The fraction of sp³-hybridized carbons (Fsp3) is 0.0833.